The summed E-state index contributed by atoms with van der Waals surface area (Å²) in [6, 6.07) is 0. The maximum atomic E-state index is 11.9. The Bertz CT molecular complexity index is 447. The lowest BCUT2D eigenvalue weighted by atomic mass is 9.93. The molecule has 0 aliphatic rings. The number of aliphatic hydroxyl groups excluding tert-OH is 1. The Kier molecular flexibility index (Phi) is 5.34. The van der Waals surface area contributed by atoms with E-state index in [-0.39, 0.29) is 12.2 Å². The van der Waals surface area contributed by atoms with Gasteiger partial charge in [0.1, 0.15) is 4.47 Å². The van der Waals surface area contributed by atoms with Gasteiger partial charge in [0.05, 0.1) is 24.0 Å². The van der Waals surface area contributed by atoms with Crippen molar-refractivity contribution in [1.29, 1.82) is 0 Å². The van der Waals surface area contributed by atoms with E-state index in [1.807, 2.05) is 20.8 Å². The van der Waals surface area contributed by atoms with E-state index in [4.69, 9.17) is 0 Å². The molecule has 5 nitrogen and oxygen atoms in total. The molecule has 1 aromatic rings. The topological polar surface area (TPSA) is 67.2 Å². The third kappa shape index (κ3) is 2.92. The summed E-state index contributed by atoms with van der Waals surface area (Å²) in [7, 11) is 0. The van der Waals surface area contributed by atoms with E-state index in [9.17, 15) is 9.90 Å². The highest BCUT2D eigenvalue weighted by Gasteiger charge is 2.26. The van der Waals surface area contributed by atoms with E-state index in [2.05, 4.69) is 26.3 Å². The number of nitrogens with zero attached hydrogens (tertiary/aromatic N) is 2. The summed E-state index contributed by atoms with van der Waals surface area (Å²) >= 11 is 3.29. The van der Waals surface area contributed by atoms with Crippen LogP contribution in [0.4, 0.5) is 5.69 Å². The number of aliphatic hydroxyl groups is 1. The smallest absolute Gasteiger partial charge is 0.283 e. The Hall–Kier alpha value is -0.880. The molecule has 0 atom stereocenters. The molecular formula is C12H20BrN3O2. The Morgan fingerprint density at radius 3 is 2.50 bits per heavy atom. The van der Waals surface area contributed by atoms with Crippen LogP contribution in [0.1, 0.15) is 33.6 Å². The molecule has 0 aliphatic carbocycles. The van der Waals surface area contributed by atoms with Crippen molar-refractivity contribution in [3.63, 3.8) is 0 Å². The quantitative estimate of drug-likeness (QED) is 0.842. The molecule has 0 aromatic carbocycles. The molecule has 0 radical (unpaired) electrons. The maximum Gasteiger partial charge on any atom is 0.283 e. The van der Waals surface area contributed by atoms with Crippen LogP contribution in [-0.4, -0.2) is 27.0 Å². The van der Waals surface area contributed by atoms with E-state index in [0.29, 0.717) is 16.7 Å². The Balaban J connectivity index is 3.12. The minimum Gasteiger partial charge on any atom is -0.394 e. The summed E-state index contributed by atoms with van der Waals surface area (Å²) in [4.78, 5) is 11.9. The first-order valence-corrected chi connectivity index (χ1v) is 6.97. The van der Waals surface area contributed by atoms with Gasteiger partial charge in [-0.1, -0.05) is 13.8 Å². The van der Waals surface area contributed by atoms with Crippen molar-refractivity contribution < 1.29 is 5.11 Å². The zero-order valence-electron chi connectivity index (χ0n) is 11.0. The highest BCUT2D eigenvalue weighted by molar-refractivity contribution is 9.10. The molecule has 0 unspecified atom stereocenters. The zero-order chi connectivity index (χ0) is 13.8. The summed E-state index contributed by atoms with van der Waals surface area (Å²) in [6.07, 6.45) is 3.15. The normalized spacial score (nSPS) is 11.6. The third-order valence-electron chi connectivity index (χ3n) is 3.34. The minimum atomic E-state index is -0.408. The Morgan fingerprint density at radius 1 is 1.44 bits per heavy atom. The van der Waals surface area contributed by atoms with Crippen molar-refractivity contribution in [3.8, 4) is 0 Å². The fourth-order valence-corrected chi connectivity index (χ4v) is 2.16. The average Bonchev–Trinajstić information content (AvgIpc) is 2.41. The molecule has 18 heavy (non-hydrogen) atoms. The Morgan fingerprint density at radius 2 is 2.06 bits per heavy atom. The molecule has 1 aromatic heterocycles. The SMILES string of the molecule is CCn1ncc(NC(CC)(CC)CO)c(Br)c1=O. The van der Waals surface area contributed by atoms with Crippen molar-refractivity contribution in [1.82, 2.24) is 9.78 Å². The van der Waals surface area contributed by atoms with Gasteiger partial charge in [0.2, 0.25) is 0 Å². The summed E-state index contributed by atoms with van der Waals surface area (Å²) in [5.41, 5.74) is 0.0543. The van der Waals surface area contributed by atoms with Gasteiger partial charge in [-0.3, -0.25) is 4.79 Å². The van der Waals surface area contributed by atoms with E-state index >= 15 is 0 Å². The molecular weight excluding hydrogens is 298 g/mol. The summed E-state index contributed by atoms with van der Waals surface area (Å²) in [5, 5.41) is 16.8. The second-order valence-corrected chi connectivity index (χ2v) is 5.06. The van der Waals surface area contributed by atoms with E-state index in [1.54, 1.807) is 6.20 Å². The van der Waals surface area contributed by atoms with Crippen molar-refractivity contribution in [3.05, 3.63) is 21.0 Å². The lowest BCUT2D eigenvalue weighted by Crippen LogP contribution is -2.41. The van der Waals surface area contributed by atoms with Gasteiger partial charge in [-0.2, -0.15) is 5.10 Å². The first-order valence-electron chi connectivity index (χ1n) is 6.18. The van der Waals surface area contributed by atoms with Gasteiger partial charge >= 0.3 is 0 Å². The molecule has 2 N–H and O–H groups in total. The molecule has 0 bridgehead atoms. The number of nitrogens with one attached hydrogen (secondary N) is 1. The average molecular weight is 318 g/mol. The fraction of sp³-hybridized carbons (Fsp3) is 0.667. The van der Waals surface area contributed by atoms with Crippen molar-refractivity contribution >= 4 is 21.6 Å². The van der Waals surface area contributed by atoms with E-state index in [1.165, 1.54) is 4.68 Å². The number of aryl methyl sites for hydroxylation is 1. The van der Waals surface area contributed by atoms with Crippen molar-refractivity contribution in [2.24, 2.45) is 0 Å². The number of hydrogen-bond acceptors (Lipinski definition) is 4. The van der Waals surface area contributed by atoms with E-state index < -0.39 is 5.54 Å². The number of halogens is 1. The van der Waals surface area contributed by atoms with Gasteiger partial charge in [0.25, 0.3) is 5.56 Å². The van der Waals surface area contributed by atoms with Crippen LogP contribution in [0.25, 0.3) is 0 Å². The zero-order valence-corrected chi connectivity index (χ0v) is 12.6. The van der Waals surface area contributed by atoms with Crippen LogP contribution >= 0.6 is 15.9 Å². The summed E-state index contributed by atoms with van der Waals surface area (Å²) in [6.45, 7) is 6.42. The third-order valence-corrected chi connectivity index (χ3v) is 4.11. The lowest BCUT2D eigenvalue weighted by Gasteiger charge is -2.32. The van der Waals surface area contributed by atoms with E-state index in [0.717, 1.165) is 12.8 Å². The number of aromatic nitrogens is 2. The number of anilines is 1. The second kappa shape index (κ2) is 6.33. The standard InChI is InChI=1S/C12H20BrN3O2/c1-4-12(5-2,8-17)15-9-7-14-16(6-3)11(18)10(9)13/h7,15,17H,4-6,8H2,1-3H3. The van der Waals surface area contributed by atoms with Crippen LogP contribution in [0.2, 0.25) is 0 Å². The molecule has 0 aliphatic heterocycles. The predicted molar refractivity (Wildman–Crippen MR) is 75.9 cm³/mol. The van der Waals surface area contributed by atoms with Crippen LogP contribution in [0.15, 0.2) is 15.5 Å². The largest absolute Gasteiger partial charge is 0.394 e. The fourth-order valence-electron chi connectivity index (χ4n) is 1.75. The Labute approximate surface area is 115 Å². The summed E-state index contributed by atoms with van der Waals surface area (Å²) in [5.74, 6) is 0. The molecule has 0 fully saturated rings. The number of hydrogen-bond donors (Lipinski definition) is 2. The van der Waals surface area contributed by atoms with Crippen LogP contribution in [-0.2, 0) is 6.54 Å². The van der Waals surface area contributed by atoms with Crippen molar-refractivity contribution in [2.45, 2.75) is 45.7 Å². The first-order chi connectivity index (χ1) is 8.53. The predicted octanol–water partition coefficient (Wildman–Crippen LogP) is 1.99. The lowest BCUT2D eigenvalue weighted by molar-refractivity contribution is 0.202. The highest BCUT2D eigenvalue weighted by Crippen LogP contribution is 2.25. The maximum absolute atomic E-state index is 11.9. The van der Waals surface area contributed by atoms with Gasteiger partial charge in [0.15, 0.2) is 0 Å². The van der Waals surface area contributed by atoms with Crippen LogP contribution in [0, 0.1) is 0 Å². The van der Waals surface area contributed by atoms with Gasteiger partial charge in [0, 0.05) is 6.54 Å². The molecule has 1 heterocycles. The monoisotopic (exact) mass is 317 g/mol. The van der Waals surface area contributed by atoms with Gasteiger partial charge in [-0.25, -0.2) is 4.68 Å². The van der Waals surface area contributed by atoms with Crippen molar-refractivity contribution in [2.75, 3.05) is 11.9 Å². The minimum absolute atomic E-state index is 0.0172. The molecule has 1 rings (SSSR count). The molecule has 102 valence electrons. The molecule has 6 heteroatoms. The van der Waals surface area contributed by atoms with Crippen LogP contribution < -0.4 is 10.9 Å². The van der Waals surface area contributed by atoms with Gasteiger partial charge in [-0.15, -0.1) is 0 Å². The molecule has 0 saturated heterocycles. The number of rotatable bonds is 6. The summed E-state index contributed by atoms with van der Waals surface area (Å²) < 4.78 is 1.84. The van der Waals surface area contributed by atoms with Gasteiger partial charge < -0.3 is 10.4 Å². The molecule has 0 saturated carbocycles. The highest BCUT2D eigenvalue weighted by atomic mass is 79.9. The molecule has 0 amide bonds. The molecule has 0 spiro atoms. The second-order valence-electron chi connectivity index (χ2n) is 4.26. The van der Waals surface area contributed by atoms with Gasteiger partial charge in [-0.05, 0) is 35.7 Å². The van der Waals surface area contributed by atoms with Crippen LogP contribution in [0.5, 0.6) is 0 Å². The van der Waals surface area contributed by atoms with Crippen LogP contribution in [0.3, 0.4) is 0 Å². The first kappa shape index (κ1) is 15.2.